The van der Waals surface area contributed by atoms with Crippen LogP contribution in [0.1, 0.15) is 65.2 Å². The van der Waals surface area contributed by atoms with Gasteiger partial charge in [0, 0.05) is 57.1 Å². The van der Waals surface area contributed by atoms with Crippen LogP contribution in [0.25, 0.3) is 0 Å². The second-order valence-electron chi connectivity index (χ2n) is 10.2. The van der Waals surface area contributed by atoms with E-state index in [0.717, 1.165) is 43.8 Å². The molecule has 3 heteroatoms. The summed E-state index contributed by atoms with van der Waals surface area (Å²) in [6, 6.07) is 0.612. The zero-order valence-corrected chi connectivity index (χ0v) is 22.8. The molecular weight excluding hydrogens is 414 g/mol. The highest BCUT2D eigenvalue weighted by Gasteiger charge is 2.25. The van der Waals surface area contributed by atoms with Gasteiger partial charge in [-0.1, -0.05) is 62.1 Å². The number of hydrogen-bond acceptors (Lipinski definition) is 3. The third-order valence-electron chi connectivity index (χ3n) is 7.35. The van der Waals surface area contributed by atoms with Crippen molar-refractivity contribution < 1.29 is 0 Å². The Balaban J connectivity index is 2.10. The minimum absolute atomic E-state index is 0.612. The molecule has 2 aliphatic carbocycles. The number of hydrogen-bond donors (Lipinski definition) is 0. The van der Waals surface area contributed by atoms with Crippen molar-refractivity contribution in [3.63, 3.8) is 0 Å². The zero-order chi connectivity index (χ0) is 25.1. The lowest BCUT2D eigenvalue weighted by Gasteiger charge is -2.27. The van der Waals surface area contributed by atoms with E-state index in [0.29, 0.717) is 6.04 Å². The van der Waals surface area contributed by atoms with Crippen molar-refractivity contribution in [2.75, 3.05) is 34.7 Å². The molecule has 0 spiro atoms. The van der Waals surface area contributed by atoms with Gasteiger partial charge in [0.15, 0.2) is 0 Å². The van der Waals surface area contributed by atoms with E-state index in [4.69, 9.17) is 0 Å². The van der Waals surface area contributed by atoms with Crippen molar-refractivity contribution in [1.82, 2.24) is 14.7 Å². The van der Waals surface area contributed by atoms with Gasteiger partial charge < -0.3 is 14.7 Å². The molecule has 0 radical (unpaired) electrons. The summed E-state index contributed by atoms with van der Waals surface area (Å²) in [6.45, 7) is 14.1. The SMILES string of the molecule is C=C/C=C(\C/C=C(\CCC[C@H](C)N(C)CC)N(C)C(=C)CC1=CC=C(N(C)C)CC=C1)C1CC1. The van der Waals surface area contributed by atoms with E-state index >= 15 is 0 Å². The van der Waals surface area contributed by atoms with Gasteiger partial charge in [-0.15, -0.1) is 0 Å². The lowest BCUT2D eigenvalue weighted by molar-refractivity contribution is 0.254. The van der Waals surface area contributed by atoms with E-state index in [-0.39, 0.29) is 0 Å². The molecule has 0 heterocycles. The maximum absolute atomic E-state index is 4.49. The van der Waals surface area contributed by atoms with Crippen LogP contribution in [-0.2, 0) is 0 Å². The van der Waals surface area contributed by atoms with Crippen LogP contribution in [-0.4, -0.2) is 55.5 Å². The first-order valence-electron chi connectivity index (χ1n) is 13.1. The van der Waals surface area contributed by atoms with Crippen LogP contribution in [0.3, 0.4) is 0 Å². The van der Waals surface area contributed by atoms with Crippen LogP contribution in [0.4, 0.5) is 0 Å². The Hall–Kier alpha value is -2.26. The molecule has 2 aliphatic rings. The van der Waals surface area contributed by atoms with Crippen molar-refractivity contribution in [2.45, 2.75) is 71.3 Å². The standard InChI is InChI=1S/C31H49N3/c1-9-13-28(29-19-20-29)21-23-31(17-11-14-25(3)33(7)10-2)34(8)26(4)24-27-15-12-16-30(22-18-27)32(5)6/h9,12-13,15,18,22-23,25,29H,1,4,10-11,14,16-17,19-21,24H2,2-3,5-8H3/b28-13+,31-23+/t25-/m0/s1. The van der Waals surface area contributed by atoms with Crippen molar-refractivity contribution >= 4 is 0 Å². The highest BCUT2D eigenvalue weighted by molar-refractivity contribution is 5.34. The first-order chi connectivity index (χ1) is 16.3. The summed E-state index contributed by atoms with van der Waals surface area (Å²) >= 11 is 0. The highest BCUT2D eigenvalue weighted by atomic mass is 15.1. The van der Waals surface area contributed by atoms with Crippen LogP contribution < -0.4 is 0 Å². The van der Waals surface area contributed by atoms with E-state index < -0.39 is 0 Å². The molecule has 0 aliphatic heterocycles. The largest absolute Gasteiger partial charge is 0.381 e. The Morgan fingerprint density at radius 1 is 1.18 bits per heavy atom. The van der Waals surface area contributed by atoms with Gasteiger partial charge in [-0.3, -0.25) is 0 Å². The minimum Gasteiger partial charge on any atom is -0.381 e. The third kappa shape index (κ3) is 9.18. The van der Waals surface area contributed by atoms with Gasteiger partial charge in [0.2, 0.25) is 0 Å². The maximum atomic E-state index is 4.49. The van der Waals surface area contributed by atoms with Crippen LogP contribution >= 0.6 is 0 Å². The van der Waals surface area contributed by atoms with Gasteiger partial charge in [-0.2, -0.15) is 0 Å². The van der Waals surface area contributed by atoms with Gasteiger partial charge in [0.25, 0.3) is 0 Å². The number of nitrogens with zero attached hydrogens (tertiary/aromatic N) is 3. The fraction of sp³-hybridized carbons (Fsp3) is 0.548. The summed E-state index contributed by atoms with van der Waals surface area (Å²) in [5.41, 5.74) is 6.73. The predicted octanol–water partition coefficient (Wildman–Crippen LogP) is 7.46. The Morgan fingerprint density at radius 3 is 2.53 bits per heavy atom. The molecule has 0 bridgehead atoms. The van der Waals surface area contributed by atoms with Crippen LogP contribution in [0, 0.1) is 5.92 Å². The van der Waals surface area contributed by atoms with Gasteiger partial charge in [0.1, 0.15) is 0 Å². The molecule has 2 rings (SSSR count). The van der Waals surface area contributed by atoms with Gasteiger partial charge in [0.05, 0.1) is 0 Å². The van der Waals surface area contributed by atoms with Gasteiger partial charge in [-0.25, -0.2) is 0 Å². The lowest BCUT2D eigenvalue weighted by Crippen LogP contribution is -2.28. The molecule has 0 aromatic carbocycles. The van der Waals surface area contributed by atoms with Gasteiger partial charge in [-0.05, 0) is 76.6 Å². The zero-order valence-electron chi connectivity index (χ0n) is 22.8. The summed E-state index contributed by atoms with van der Waals surface area (Å²) in [7, 11) is 8.64. The summed E-state index contributed by atoms with van der Waals surface area (Å²) in [5.74, 6) is 0.765. The predicted molar refractivity (Wildman–Crippen MR) is 150 cm³/mol. The summed E-state index contributed by atoms with van der Waals surface area (Å²) in [6.07, 6.45) is 24.7. The summed E-state index contributed by atoms with van der Waals surface area (Å²) in [4.78, 5) is 6.98. The smallest absolute Gasteiger partial charge is 0.0166 e. The monoisotopic (exact) mass is 463 g/mol. The van der Waals surface area contributed by atoms with Crippen molar-refractivity contribution in [1.29, 1.82) is 0 Å². The van der Waals surface area contributed by atoms with E-state index in [1.165, 1.54) is 48.2 Å². The summed E-state index contributed by atoms with van der Waals surface area (Å²) in [5, 5.41) is 0. The molecule has 1 atom stereocenters. The molecule has 0 aromatic rings. The van der Waals surface area contributed by atoms with Crippen LogP contribution in [0.5, 0.6) is 0 Å². The second kappa shape index (κ2) is 14.2. The molecule has 34 heavy (non-hydrogen) atoms. The van der Waals surface area contributed by atoms with E-state index in [1.54, 1.807) is 0 Å². The second-order valence-corrected chi connectivity index (χ2v) is 10.2. The molecule has 3 nitrogen and oxygen atoms in total. The topological polar surface area (TPSA) is 9.72 Å². The molecule has 1 fully saturated rings. The Bertz CT molecular complexity index is 833. The Kier molecular flexibility index (Phi) is 11.7. The molecule has 0 saturated heterocycles. The minimum atomic E-state index is 0.612. The molecule has 0 N–H and O–H groups in total. The average Bonchev–Trinajstić information content (AvgIpc) is 3.67. The van der Waals surface area contributed by atoms with Crippen molar-refractivity contribution in [3.05, 3.63) is 83.9 Å². The van der Waals surface area contributed by atoms with Crippen LogP contribution in [0.2, 0.25) is 0 Å². The Labute approximate surface area is 210 Å². The lowest BCUT2D eigenvalue weighted by atomic mass is 10.0. The molecule has 0 unspecified atom stereocenters. The molecular formula is C31H49N3. The highest BCUT2D eigenvalue weighted by Crippen LogP contribution is 2.38. The van der Waals surface area contributed by atoms with Crippen molar-refractivity contribution in [3.8, 4) is 0 Å². The molecule has 0 aromatic heterocycles. The first-order valence-corrected chi connectivity index (χ1v) is 13.1. The number of rotatable bonds is 15. The Morgan fingerprint density at radius 2 is 1.91 bits per heavy atom. The van der Waals surface area contributed by atoms with E-state index in [9.17, 15) is 0 Å². The quantitative estimate of drug-likeness (QED) is 0.233. The normalized spacial score (nSPS) is 17.7. The van der Waals surface area contributed by atoms with Crippen molar-refractivity contribution in [2.24, 2.45) is 5.92 Å². The maximum Gasteiger partial charge on any atom is 0.0166 e. The van der Waals surface area contributed by atoms with E-state index in [2.05, 4.69) is 106 Å². The van der Waals surface area contributed by atoms with E-state index in [1.807, 2.05) is 6.08 Å². The number of allylic oxidation sites excluding steroid dienone is 10. The fourth-order valence-electron chi connectivity index (χ4n) is 4.39. The molecule has 1 saturated carbocycles. The van der Waals surface area contributed by atoms with Crippen LogP contribution in [0.15, 0.2) is 83.9 Å². The summed E-state index contributed by atoms with van der Waals surface area (Å²) < 4.78 is 0. The molecule has 0 amide bonds. The first kappa shape index (κ1) is 28.0. The fourth-order valence-corrected chi connectivity index (χ4v) is 4.39. The average molecular weight is 464 g/mol. The third-order valence-corrected chi connectivity index (χ3v) is 7.35. The van der Waals surface area contributed by atoms with Gasteiger partial charge >= 0.3 is 0 Å². The molecule has 188 valence electrons.